The van der Waals surface area contributed by atoms with Crippen LogP contribution < -0.4 is 10.2 Å². The molecule has 1 unspecified atom stereocenters. The number of hydrogen-bond donors (Lipinski definition) is 1. The highest BCUT2D eigenvalue weighted by molar-refractivity contribution is 6.33. The van der Waals surface area contributed by atoms with Gasteiger partial charge in [-0.1, -0.05) is 23.7 Å². The molecule has 134 valence electrons. The Kier molecular flexibility index (Phi) is 4.51. The number of fused-ring (bicyclic) bond motifs is 1. The summed E-state index contributed by atoms with van der Waals surface area (Å²) >= 11 is 5.95. The summed E-state index contributed by atoms with van der Waals surface area (Å²) in [5.41, 5.74) is 1.82. The van der Waals surface area contributed by atoms with Crippen LogP contribution in [0.4, 0.5) is 10.4 Å². The molecule has 26 heavy (non-hydrogen) atoms. The van der Waals surface area contributed by atoms with E-state index in [0.29, 0.717) is 12.6 Å². The minimum atomic E-state index is -0.468. The second-order valence-electron chi connectivity index (χ2n) is 6.29. The highest BCUT2D eigenvalue weighted by atomic mass is 35.5. The fraction of sp³-hybridized carbons (Fsp3) is 0.263. The number of nitrogens with zero attached hydrogens (tertiary/aromatic N) is 2. The third kappa shape index (κ3) is 3.24. The molecule has 2 aromatic carbocycles. The van der Waals surface area contributed by atoms with Crippen molar-refractivity contribution in [2.24, 2.45) is 0 Å². The third-order valence-corrected chi connectivity index (χ3v) is 4.89. The minimum absolute atomic E-state index is 0.0891. The van der Waals surface area contributed by atoms with Crippen LogP contribution in [0.15, 0.2) is 46.9 Å². The molecule has 0 bridgehead atoms. The van der Waals surface area contributed by atoms with Crippen molar-refractivity contribution in [3.8, 4) is 0 Å². The highest BCUT2D eigenvalue weighted by Crippen LogP contribution is 2.28. The Morgan fingerprint density at radius 2 is 2.19 bits per heavy atom. The van der Waals surface area contributed by atoms with E-state index in [2.05, 4.69) is 15.2 Å². The second-order valence-corrected chi connectivity index (χ2v) is 6.70. The maximum absolute atomic E-state index is 13.1. The predicted octanol–water partition coefficient (Wildman–Crippen LogP) is 4.02. The zero-order valence-electron chi connectivity index (χ0n) is 13.9. The first-order valence-electron chi connectivity index (χ1n) is 8.47. The van der Waals surface area contributed by atoms with Crippen molar-refractivity contribution >= 4 is 34.6 Å². The Hall–Kier alpha value is -2.60. The fourth-order valence-corrected chi connectivity index (χ4v) is 3.52. The van der Waals surface area contributed by atoms with E-state index in [1.54, 1.807) is 0 Å². The number of aromatic nitrogens is 1. The maximum atomic E-state index is 13.1. The van der Waals surface area contributed by atoms with Gasteiger partial charge in [0.15, 0.2) is 5.58 Å². The van der Waals surface area contributed by atoms with Crippen LogP contribution >= 0.6 is 11.6 Å². The van der Waals surface area contributed by atoms with Crippen LogP contribution in [0.1, 0.15) is 23.2 Å². The van der Waals surface area contributed by atoms with Gasteiger partial charge in [-0.05, 0) is 43.2 Å². The lowest BCUT2D eigenvalue weighted by Gasteiger charge is -2.23. The SMILES string of the molecule is O=C(NCC1CCCN1c1nc2ccccc2o1)c1ccc(F)cc1Cl. The number of carbonyl (C=O) groups excluding carboxylic acids is 1. The van der Waals surface area contributed by atoms with Crippen LogP contribution in [0.3, 0.4) is 0 Å². The van der Waals surface area contributed by atoms with Crippen molar-refractivity contribution < 1.29 is 13.6 Å². The number of carbonyl (C=O) groups is 1. The summed E-state index contributed by atoms with van der Waals surface area (Å²) in [4.78, 5) is 19.0. The third-order valence-electron chi connectivity index (χ3n) is 4.58. The van der Waals surface area contributed by atoms with Crippen LogP contribution in [0, 0.1) is 5.82 Å². The molecule has 1 fully saturated rings. The van der Waals surface area contributed by atoms with Gasteiger partial charge in [-0.15, -0.1) is 0 Å². The second kappa shape index (κ2) is 6.96. The predicted molar refractivity (Wildman–Crippen MR) is 98.1 cm³/mol. The van der Waals surface area contributed by atoms with Crippen LogP contribution in [-0.4, -0.2) is 30.0 Å². The van der Waals surface area contributed by atoms with E-state index in [1.807, 2.05) is 24.3 Å². The van der Waals surface area contributed by atoms with Gasteiger partial charge in [0.2, 0.25) is 0 Å². The number of para-hydroxylation sites is 2. The largest absolute Gasteiger partial charge is 0.423 e. The number of rotatable bonds is 4. The van der Waals surface area contributed by atoms with Gasteiger partial charge < -0.3 is 14.6 Å². The Labute approximate surface area is 154 Å². The number of benzene rings is 2. The molecular formula is C19H17ClFN3O2. The Bertz CT molecular complexity index is 926. The van der Waals surface area contributed by atoms with Gasteiger partial charge in [-0.25, -0.2) is 4.39 Å². The normalized spacial score (nSPS) is 17.0. The number of hydrogen-bond acceptors (Lipinski definition) is 4. The van der Waals surface area contributed by atoms with E-state index in [1.165, 1.54) is 12.1 Å². The minimum Gasteiger partial charge on any atom is -0.423 e. The number of halogens is 2. The molecule has 3 aromatic rings. The lowest BCUT2D eigenvalue weighted by Crippen LogP contribution is -2.40. The summed E-state index contributed by atoms with van der Waals surface area (Å²) in [6, 6.07) is 12.0. The van der Waals surface area contributed by atoms with Crippen LogP contribution in [-0.2, 0) is 0 Å². The van der Waals surface area contributed by atoms with Crippen molar-refractivity contribution in [1.29, 1.82) is 0 Å². The molecule has 0 aliphatic carbocycles. The summed E-state index contributed by atoms with van der Waals surface area (Å²) in [7, 11) is 0. The zero-order valence-corrected chi connectivity index (χ0v) is 14.7. The van der Waals surface area contributed by atoms with E-state index in [4.69, 9.17) is 16.0 Å². The first-order chi connectivity index (χ1) is 12.6. The summed E-state index contributed by atoms with van der Waals surface area (Å²) in [5, 5.41) is 2.98. The smallest absolute Gasteiger partial charge is 0.298 e. The van der Waals surface area contributed by atoms with Gasteiger partial charge in [0.25, 0.3) is 11.9 Å². The van der Waals surface area contributed by atoms with Crippen molar-refractivity contribution in [2.45, 2.75) is 18.9 Å². The number of anilines is 1. The lowest BCUT2D eigenvalue weighted by molar-refractivity contribution is 0.0951. The van der Waals surface area contributed by atoms with Crippen molar-refractivity contribution in [3.63, 3.8) is 0 Å². The van der Waals surface area contributed by atoms with E-state index in [9.17, 15) is 9.18 Å². The summed E-state index contributed by atoms with van der Waals surface area (Å²) in [6.45, 7) is 1.26. The monoisotopic (exact) mass is 373 g/mol. The molecule has 1 aliphatic rings. The molecule has 0 radical (unpaired) electrons. The van der Waals surface area contributed by atoms with Gasteiger partial charge in [-0.3, -0.25) is 4.79 Å². The lowest BCUT2D eigenvalue weighted by atomic mass is 10.2. The summed E-state index contributed by atoms with van der Waals surface area (Å²) in [6.07, 6.45) is 1.92. The molecule has 1 aromatic heterocycles. The molecule has 1 saturated heterocycles. The van der Waals surface area contributed by atoms with Crippen LogP contribution in [0.5, 0.6) is 0 Å². The first-order valence-corrected chi connectivity index (χ1v) is 8.85. The highest BCUT2D eigenvalue weighted by Gasteiger charge is 2.29. The zero-order chi connectivity index (χ0) is 18.1. The average Bonchev–Trinajstić information content (AvgIpc) is 3.25. The summed E-state index contributed by atoms with van der Waals surface area (Å²) in [5.74, 6) is -0.788. The van der Waals surface area contributed by atoms with E-state index >= 15 is 0 Å². The van der Waals surface area contributed by atoms with Crippen LogP contribution in [0.25, 0.3) is 11.1 Å². The number of oxazole rings is 1. The standard InChI is InChI=1S/C19H17ClFN3O2/c20-15-10-12(21)7-8-14(15)18(25)22-11-13-4-3-9-24(13)19-23-16-5-1-2-6-17(16)26-19/h1-2,5-8,10,13H,3-4,9,11H2,(H,22,25). The molecule has 0 spiro atoms. The van der Waals surface area contributed by atoms with Gasteiger partial charge in [0.1, 0.15) is 11.3 Å². The molecule has 4 rings (SSSR count). The van der Waals surface area contributed by atoms with E-state index in [-0.39, 0.29) is 22.5 Å². The molecule has 0 saturated carbocycles. The molecule has 1 amide bonds. The van der Waals surface area contributed by atoms with E-state index in [0.717, 1.165) is 36.6 Å². The number of amides is 1. The molecule has 5 nitrogen and oxygen atoms in total. The van der Waals surface area contributed by atoms with Gasteiger partial charge >= 0.3 is 0 Å². The molecule has 1 N–H and O–H groups in total. The Morgan fingerprint density at radius 1 is 1.35 bits per heavy atom. The molecule has 1 aliphatic heterocycles. The van der Waals surface area contributed by atoms with Gasteiger partial charge in [0.05, 0.1) is 16.6 Å². The summed E-state index contributed by atoms with van der Waals surface area (Å²) < 4.78 is 19.0. The number of nitrogens with one attached hydrogen (secondary N) is 1. The van der Waals surface area contributed by atoms with Crippen molar-refractivity contribution in [3.05, 3.63) is 58.9 Å². The Morgan fingerprint density at radius 3 is 3.00 bits per heavy atom. The average molecular weight is 374 g/mol. The van der Waals surface area contributed by atoms with Crippen molar-refractivity contribution in [1.82, 2.24) is 10.3 Å². The molecular weight excluding hydrogens is 357 g/mol. The van der Waals surface area contributed by atoms with Gasteiger partial charge in [0, 0.05) is 13.1 Å². The van der Waals surface area contributed by atoms with Crippen molar-refractivity contribution in [2.75, 3.05) is 18.0 Å². The molecule has 7 heteroatoms. The molecule has 1 atom stereocenters. The molecule has 2 heterocycles. The van der Waals surface area contributed by atoms with E-state index < -0.39 is 5.82 Å². The first kappa shape index (κ1) is 16.8. The topological polar surface area (TPSA) is 58.4 Å². The Balaban J connectivity index is 1.46. The maximum Gasteiger partial charge on any atom is 0.298 e. The van der Waals surface area contributed by atoms with Crippen LogP contribution in [0.2, 0.25) is 5.02 Å². The quantitative estimate of drug-likeness (QED) is 0.750. The van der Waals surface area contributed by atoms with Gasteiger partial charge in [-0.2, -0.15) is 4.98 Å². The fourth-order valence-electron chi connectivity index (χ4n) is 3.26.